The van der Waals surface area contributed by atoms with Crippen LogP contribution >= 0.6 is 0 Å². The van der Waals surface area contributed by atoms with Crippen molar-refractivity contribution in [3.05, 3.63) is 45.7 Å². The molecule has 0 saturated heterocycles. The molecule has 0 aliphatic rings. The summed E-state index contributed by atoms with van der Waals surface area (Å²) in [7, 11) is 0. The van der Waals surface area contributed by atoms with Gasteiger partial charge < -0.3 is 5.21 Å². The lowest BCUT2D eigenvalue weighted by molar-refractivity contribution is 0.188. The zero-order valence-corrected chi connectivity index (χ0v) is 8.11. The van der Waals surface area contributed by atoms with Crippen molar-refractivity contribution in [2.75, 3.05) is 0 Å². The van der Waals surface area contributed by atoms with E-state index in [0.717, 1.165) is 16.5 Å². The normalized spacial score (nSPS) is 10.7. The van der Waals surface area contributed by atoms with Gasteiger partial charge in [-0.05, 0) is 25.0 Å². The number of nitrogens with zero attached hydrogens (tertiary/aromatic N) is 1. The first-order valence-electron chi connectivity index (χ1n) is 4.42. The molecule has 0 amide bonds. The zero-order chi connectivity index (χ0) is 10.3. The number of aromatic nitrogens is 1. The van der Waals surface area contributed by atoms with Crippen LogP contribution in [0.2, 0.25) is 0 Å². The van der Waals surface area contributed by atoms with Crippen LogP contribution in [0.4, 0.5) is 0 Å². The number of benzene rings is 1. The summed E-state index contributed by atoms with van der Waals surface area (Å²) in [6, 6.07) is 7.11. The van der Waals surface area contributed by atoms with E-state index in [0.29, 0.717) is 10.2 Å². The maximum atomic E-state index is 11.3. The molecule has 0 saturated carbocycles. The maximum absolute atomic E-state index is 11.3. The van der Waals surface area contributed by atoms with Crippen LogP contribution in [0.15, 0.2) is 29.1 Å². The van der Waals surface area contributed by atoms with E-state index in [9.17, 15) is 10.0 Å². The Morgan fingerprint density at radius 3 is 2.64 bits per heavy atom. The van der Waals surface area contributed by atoms with Crippen molar-refractivity contribution in [1.82, 2.24) is 4.73 Å². The molecule has 3 heteroatoms. The van der Waals surface area contributed by atoms with Crippen molar-refractivity contribution < 1.29 is 5.21 Å². The van der Waals surface area contributed by atoms with Crippen LogP contribution in [0.1, 0.15) is 11.1 Å². The summed E-state index contributed by atoms with van der Waals surface area (Å²) >= 11 is 0. The van der Waals surface area contributed by atoms with Gasteiger partial charge in [-0.1, -0.05) is 18.2 Å². The van der Waals surface area contributed by atoms with Crippen molar-refractivity contribution in [3.8, 4) is 0 Å². The zero-order valence-electron chi connectivity index (χ0n) is 8.11. The van der Waals surface area contributed by atoms with E-state index in [-0.39, 0.29) is 5.56 Å². The summed E-state index contributed by atoms with van der Waals surface area (Å²) < 4.78 is 0.706. The molecular formula is C11H11NO2. The molecule has 0 bridgehead atoms. The quantitative estimate of drug-likeness (QED) is 0.643. The second kappa shape index (κ2) is 2.87. The van der Waals surface area contributed by atoms with Crippen molar-refractivity contribution >= 4 is 10.9 Å². The molecule has 0 radical (unpaired) electrons. The molecule has 0 atom stereocenters. The fraction of sp³-hybridized carbons (Fsp3) is 0.182. The molecule has 1 N–H and O–H groups in total. The molecule has 3 nitrogen and oxygen atoms in total. The van der Waals surface area contributed by atoms with Gasteiger partial charge in [0.25, 0.3) is 5.56 Å². The SMILES string of the molecule is Cc1cc(=O)n(O)c2c(C)cccc12. The van der Waals surface area contributed by atoms with Crippen LogP contribution in [-0.4, -0.2) is 9.94 Å². The molecule has 1 heterocycles. The van der Waals surface area contributed by atoms with E-state index in [2.05, 4.69) is 0 Å². The Morgan fingerprint density at radius 2 is 1.93 bits per heavy atom. The molecule has 1 aromatic carbocycles. The third-order valence-corrected chi connectivity index (χ3v) is 2.42. The summed E-state index contributed by atoms with van der Waals surface area (Å²) in [6.45, 7) is 3.73. The van der Waals surface area contributed by atoms with Gasteiger partial charge in [-0.25, -0.2) is 0 Å². The van der Waals surface area contributed by atoms with Gasteiger partial charge >= 0.3 is 0 Å². The second-order valence-electron chi connectivity index (χ2n) is 3.45. The summed E-state index contributed by atoms with van der Waals surface area (Å²) in [5.74, 6) is 0. The minimum absolute atomic E-state index is 0.385. The number of rotatable bonds is 0. The standard InChI is InChI=1S/C11H11NO2/c1-7-4-3-5-9-8(2)6-10(13)12(14)11(7)9/h3-6,14H,1-2H3. The molecular weight excluding hydrogens is 178 g/mol. The number of hydrogen-bond donors (Lipinski definition) is 1. The molecule has 0 spiro atoms. The highest BCUT2D eigenvalue weighted by atomic mass is 16.5. The minimum Gasteiger partial charge on any atom is -0.425 e. The van der Waals surface area contributed by atoms with E-state index in [1.54, 1.807) is 0 Å². The summed E-state index contributed by atoms with van der Waals surface area (Å²) in [5, 5.41) is 10.5. The maximum Gasteiger partial charge on any atom is 0.283 e. The Hall–Kier alpha value is -1.77. The average molecular weight is 189 g/mol. The van der Waals surface area contributed by atoms with Gasteiger partial charge in [0.05, 0.1) is 5.52 Å². The highest BCUT2D eigenvalue weighted by Gasteiger charge is 2.06. The fourth-order valence-electron chi connectivity index (χ4n) is 1.69. The second-order valence-corrected chi connectivity index (χ2v) is 3.45. The van der Waals surface area contributed by atoms with Gasteiger partial charge in [0.1, 0.15) is 0 Å². The fourth-order valence-corrected chi connectivity index (χ4v) is 1.69. The molecule has 0 aliphatic carbocycles. The van der Waals surface area contributed by atoms with Crippen molar-refractivity contribution in [2.24, 2.45) is 0 Å². The smallest absolute Gasteiger partial charge is 0.283 e. The average Bonchev–Trinajstić information content (AvgIpc) is 2.14. The Bertz CT molecular complexity index is 555. The largest absolute Gasteiger partial charge is 0.425 e. The molecule has 2 rings (SSSR count). The van der Waals surface area contributed by atoms with Gasteiger partial charge in [-0.3, -0.25) is 4.79 Å². The Kier molecular flexibility index (Phi) is 1.81. The van der Waals surface area contributed by atoms with Gasteiger partial charge in [0.15, 0.2) is 0 Å². The minimum atomic E-state index is -0.385. The predicted octanol–water partition coefficient (Wildman–Crippen LogP) is 1.86. The first-order valence-corrected chi connectivity index (χ1v) is 4.42. The van der Waals surface area contributed by atoms with E-state index in [4.69, 9.17) is 0 Å². The van der Waals surface area contributed by atoms with E-state index in [1.165, 1.54) is 6.07 Å². The van der Waals surface area contributed by atoms with Gasteiger partial charge in [0.2, 0.25) is 0 Å². The Morgan fingerprint density at radius 1 is 1.21 bits per heavy atom. The van der Waals surface area contributed by atoms with Crippen molar-refractivity contribution in [3.63, 3.8) is 0 Å². The molecule has 14 heavy (non-hydrogen) atoms. The highest BCUT2D eigenvalue weighted by Crippen LogP contribution is 2.18. The van der Waals surface area contributed by atoms with Crippen LogP contribution in [0.3, 0.4) is 0 Å². The number of fused-ring (bicyclic) bond motifs is 1. The number of pyridine rings is 1. The van der Waals surface area contributed by atoms with Crippen LogP contribution in [0.25, 0.3) is 10.9 Å². The third kappa shape index (κ3) is 1.09. The number of para-hydroxylation sites is 1. The third-order valence-electron chi connectivity index (χ3n) is 2.42. The summed E-state index contributed by atoms with van der Waals surface area (Å²) in [6.07, 6.45) is 0. The van der Waals surface area contributed by atoms with E-state index >= 15 is 0 Å². The lowest BCUT2D eigenvalue weighted by Gasteiger charge is -2.07. The highest BCUT2D eigenvalue weighted by molar-refractivity contribution is 5.84. The number of aryl methyl sites for hydroxylation is 2. The predicted molar refractivity (Wildman–Crippen MR) is 54.9 cm³/mol. The topological polar surface area (TPSA) is 42.2 Å². The first-order chi connectivity index (χ1) is 6.61. The Balaban J connectivity index is 3.11. The van der Waals surface area contributed by atoms with Crippen LogP contribution in [-0.2, 0) is 0 Å². The monoisotopic (exact) mass is 189 g/mol. The summed E-state index contributed by atoms with van der Waals surface area (Å²) in [4.78, 5) is 11.3. The van der Waals surface area contributed by atoms with E-state index < -0.39 is 0 Å². The number of hydrogen-bond acceptors (Lipinski definition) is 2. The van der Waals surface area contributed by atoms with Crippen LogP contribution in [0, 0.1) is 13.8 Å². The lowest BCUT2D eigenvalue weighted by atomic mass is 10.1. The molecule has 2 aromatic rings. The van der Waals surface area contributed by atoms with E-state index in [1.807, 2.05) is 32.0 Å². The van der Waals surface area contributed by atoms with Gasteiger partial charge in [-0.2, -0.15) is 0 Å². The molecule has 1 aromatic heterocycles. The van der Waals surface area contributed by atoms with Crippen molar-refractivity contribution in [2.45, 2.75) is 13.8 Å². The van der Waals surface area contributed by atoms with Gasteiger partial charge in [-0.15, -0.1) is 4.73 Å². The molecule has 0 fully saturated rings. The van der Waals surface area contributed by atoms with Crippen LogP contribution in [0.5, 0.6) is 0 Å². The molecule has 72 valence electrons. The van der Waals surface area contributed by atoms with Crippen LogP contribution < -0.4 is 5.56 Å². The van der Waals surface area contributed by atoms with Crippen molar-refractivity contribution in [1.29, 1.82) is 0 Å². The first kappa shape index (κ1) is 8.81. The van der Waals surface area contributed by atoms with Gasteiger partial charge in [0, 0.05) is 11.5 Å². The Labute approximate surface area is 81.2 Å². The lowest BCUT2D eigenvalue weighted by Crippen LogP contribution is -2.18. The molecule has 0 unspecified atom stereocenters. The summed E-state index contributed by atoms with van der Waals surface area (Å²) in [5.41, 5.74) is 1.99. The molecule has 0 aliphatic heterocycles.